The van der Waals surface area contributed by atoms with Crippen molar-refractivity contribution in [2.24, 2.45) is 0 Å². The van der Waals surface area contributed by atoms with Gasteiger partial charge in [-0.25, -0.2) is 21.6 Å². The number of para-hydroxylation sites is 1. The monoisotopic (exact) mass is 383 g/mol. The highest BCUT2D eigenvalue weighted by atomic mass is 32.2. The molecule has 0 saturated carbocycles. The lowest BCUT2D eigenvalue weighted by Gasteiger charge is -2.22. The molecule has 6 nitrogen and oxygen atoms in total. The van der Waals surface area contributed by atoms with E-state index in [0.29, 0.717) is 22.7 Å². The molecule has 0 saturated heterocycles. The van der Waals surface area contributed by atoms with Crippen LogP contribution in [0.15, 0.2) is 36.4 Å². The number of hydrogen-bond donors (Lipinski definition) is 1. The van der Waals surface area contributed by atoms with Crippen LogP contribution < -0.4 is 9.62 Å². The number of nitrogens with zero attached hydrogens (tertiary/aromatic N) is 2. The van der Waals surface area contributed by atoms with Crippen molar-refractivity contribution in [3.8, 4) is 6.07 Å². The Balaban J connectivity index is 2.34. The van der Waals surface area contributed by atoms with Crippen molar-refractivity contribution in [3.05, 3.63) is 59.4 Å². The van der Waals surface area contributed by atoms with Crippen LogP contribution in [0.5, 0.6) is 0 Å². The van der Waals surface area contributed by atoms with Crippen LogP contribution in [0, 0.1) is 28.8 Å². The third kappa shape index (κ3) is 4.12. The second kappa shape index (κ2) is 7.45. The Bertz CT molecular complexity index is 1000. The summed E-state index contributed by atoms with van der Waals surface area (Å²) < 4.78 is 64.5. The number of nitriles is 1. The summed E-state index contributed by atoms with van der Waals surface area (Å²) in [5.74, 6) is -5.98. The molecule has 2 aromatic rings. The van der Waals surface area contributed by atoms with Crippen LogP contribution in [0.3, 0.4) is 0 Å². The zero-order valence-corrected chi connectivity index (χ0v) is 14.1. The second-order valence-electron chi connectivity index (χ2n) is 5.17. The molecule has 2 rings (SSSR count). The number of benzene rings is 2. The van der Waals surface area contributed by atoms with Crippen molar-refractivity contribution in [2.45, 2.75) is 0 Å². The Morgan fingerprint density at radius 1 is 1.15 bits per heavy atom. The van der Waals surface area contributed by atoms with Gasteiger partial charge >= 0.3 is 0 Å². The van der Waals surface area contributed by atoms with Gasteiger partial charge in [0.05, 0.1) is 23.2 Å². The van der Waals surface area contributed by atoms with Crippen molar-refractivity contribution in [3.63, 3.8) is 0 Å². The number of nitrogens with one attached hydrogen (secondary N) is 1. The number of amides is 1. The predicted octanol–water partition coefficient (Wildman–Crippen LogP) is 2.38. The normalized spacial score (nSPS) is 10.9. The fraction of sp³-hybridized carbons (Fsp3) is 0.125. The lowest BCUT2D eigenvalue weighted by molar-refractivity contribution is -0.114. The first-order valence-corrected chi connectivity index (χ1v) is 8.90. The molecule has 136 valence electrons. The molecule has 0 bridgehead atoms. The van der Waals surface area contributed by atoms with Crippen LogP contribution >= 0.6 is 0 Å². The molecule has 1 amide bonds. The third-order valence-corrected chi connectivity index (χ3v) is 4.42. The number of carbonyl (C=O) groups excluding carboxylic acids is 1. The summed E-state index contributed by atoms with van der Waals surface area (Å²) in [6.45, 7) is -0.902. The van der Waals surface area contributed by atoms with Crippen LogP contribution in [0.25, 0.3) is 0 Å². The summed E-state index contributed by atoms with van der Waals surface area (Å²) in [6, 6.07) is 9.06. The topological polar surface area (TPSA) is 90.3 Å². The molecule has 0 spiro atoms. The molecule has 26 heavy (non-hydrogen) atoms. The highest BCUT2D eigenvalue weighted by molar-refractivity contribution is 7.92. The van der Waals surface area contributed by atoms with Gasteiger partial charge in [0, 0.05) is 0 Å². The first-order chi connectivity index (χ1) is 12.1. The predicted molar refractivity (Wildman–Crippen MR) is 88.3 cm³/mol. The van der Waals surface area contributed by atoms with Crippen molar-refractivity contribution in [1.82, 2.24) is 0 Å². The van der Waals surface area contributed by atoms with E-state index in [4.69, 9.17) is 5.26 Å². The maximum Gasteiger partial charge on any atom is 0.245 e. The Morgan fingerprint density at radius 3 is 2.42 bits per heavy atom. The minimum Gasteiger partial charge on any atom is -0.323 e. The fourth-order valence-electron chi connectivity index (χ4n) is 2.10. The number of anilines is 2. The third-order valence-electron chi connectivity index (χ3n) is 3.29. The van der Waals surface area contributed by atoms with E-state index in [-0.39, 0.29) is 11.3 Å². The largest absolute Gasteiger partial charge is 0.323 e. The van der Waals surface area contributed by atoms with Gasteiger partial charge < -0.3 is 5.32 Å². The highest BCUT2D eigenvalue weighted by Crippen LogP contribution is 2.25. The number of rotatable bonds is 5. The maximum absolute atomic E-state index is 13.9. The molecule has 0 unspecified atom stereocenters. The zero-order chi connectivity index (χ0) is 19.5. The Labute approximate surface area is 147 Å². The summed E-state index contributed by atoms with van der Waals surface area (Å²) >= 11 is 0. The van der Waals surface area contributed by atoms with Crippen molar-refractivity contribution < 1.29 is 26.4 Å². The van der Waals surface area contributed by atoms with Crippen LogP contribution in [-0.4, -0.2) is 27.1 Å². The van der Waals surface area contributed by atoms with Gasteiger partial charge in [0.2, 0.25) is 15.9 Å². The molecule has 0 aliphatic rings. The van der Waals surface area contributed by atoms with Crippen molar-refractivity contribution in [1.29, 1.82) is 5.26 Å². The van der Waals surface area contributed by atoms with Gasteiger partial charge in [-0.1, -0.05) is 12.1 Å². The van der Waals surface area contributed by atoms with Crippen molar-refractivity contribution >= 4 is 27.3 Å². The van der Waals surface area contributed by atoms with E-state index in [1.165, 1.54) is 12.1 Å². The summed E-state index contributed by atoms with van der Waals surface area (Å²) in [5, 5.41) is 11.3. The van der Waals surface area contributed by atoms with Gasteiger partial charge in [0.1, 0.15) is 12.6 Å². The van der Waals surface area contributed by atoms with Gasteiger partial charge in [-0.3, -0.25) is 9.10 Å². The van der Waals surface area contributed by atoms with Crippen LogP contribution in [0.1, 0.15) is 5.56 Å². The minimum atomic E-state index is -4.19. The number of hydrogen-bond acceptors (Lipinski definition) is 4. The average molecular weight is 383 g/mol. The van der Waals surface area contributed by atoms with E-state index < -0.39 is 45.6 Å². The summed E-state index contributed by atoms with van der Waals surface area (Å²) in [6.07, 6.45) is 0.685. The lowest BCUT2D eigenvalue weighted by Crippen LogP contribution is -2.38. The van der Waals surface area contributed by atoms with E-state index in [1.54, 1.807) is 12.1 Å². The summed E-state index contributed by atoms with van der Waals surface area (Å²) in [5.41, 5.74) is -0.555. The molecular weight excluding hydrogens is 371 g/mol. The van der Waals surface area contributed by atoms with Crippen LogP contribution in [-0.2, 0) is 14.8 Å². The van der Waals surface area contributed by atoms with E-state index >= 15 is 0 Å². The number of carbonyl (C=O) groups is 1. The zero-order valence-electron chi connectivity index (χ0n) is 13.3. The van der Waals surface area contributed by atoms with Gasteiger partial charge in [-0.05, 0) is 24.3 Å². The quantitative estimate of drug-likeness (QED) is 0.803. The molecule has 0 aliphatic carbocycles. The Morgan fingerprint density at radius 2 is 1.81 bits per heavy atom. The van der Waals surface area contributed by atoms with Crippen LogP contribution in [0.2, 0.25) is 0 Å². The number of sulfonamides is 1. The van der Waals surface area contributed by atoms with Gasteiger partial charge in [-0.2, -0.15) is 5.26 Å². The molecule has 0 aliphatic heterocycles. The first-order valence-electron chi connectivity index (χ1n) is 7.05. The average Bonchev–Trinajstić information content (AvgIpc) is 2.58. The molecule has 0 heterocycles. The minimum absolute atomic E-state index is 0.124. The standard InChI is InChI=1S/C16H12F3N3O3S/c1-26(24,25)22(13-7-6-11(17)15(18)16(13)19)9-14(23)21-12-5-3-2-4-10(12)8-20/h2-7H,9H2,1H3,(H,21,23). The molecular formula is C16H12F3N3O3S. The van der Waals surface area contributed by atoms with Gasteiger partial charge in [0.15, 0.2) is 17.5 Å². The van der Waals surface area contributed by atoms with E-state index in [1.807, 2.05) is 6.07 Å². The molecule has 0 atom stereocenters. The molecule has 0 aromatic heterocycles. The molecule has 2 aromatic carbocycles. The number of halogens is 3. The van der Waals surface area contributed by atoms with E-state index in [2.05, 4.69) is 5.32 Å². The smallest absolute Gasteiger partial charge is 0.245 e. The SMILES string of the molecule is CS(=O)(=O)N(CC(=O)Nc1ccccc1C#N)c1ccc(F)c(F)c1F. The molecule has 10 heteroatoms. The first kappa shape index (κ1) is 19.3. The maximum atomic E-state index is 13.9. The summed E-state index contributed by atoms with van der Waals surface area (Å²) in [4.78, 5) is 12.2. The van der Waals surface area contributed by atoms with Crippen LogP contribution in [0.4, 0.5) is 24.5 Å². The van der Waals surface area contributed by atoms with E-state index in [0.717, 1.165) is 0 Å². The Kier molecular flexibility index (Phi) is 5.52. The molecule has 0 fully saturated rings. The van der Waals surface area contributed by atoms with Crippen molar-refractivity contribution in [2.75, 3.05) is 22.4 Å². The van der Waals surface area contributed by atoms with E-state index in [9.17, 15) is 26.4 Å². The van der Waals surface area contributed by atoms with Gasteiger partial charge in [0.25, 0.3) is 0 Å². The Hall–Kier alpha value is -3.06. The molecule has 1 N–H and O–H groups in total. The summed E-state index contributed by atoms with van der Waals surface area (Å²) in [7, 11) is -4.19. The fourth-order valence-corrected chi connectivity index (χ4v) is 2.95. The highest BCUT2D eigenvalue weighted by Gasteiger charge is 2.26. The van der Waals surface area contributed by atoms with Gasteiger partial charge in [-0.15, -0.1) is 0 Å². The lowest BCUT2D eigenvalue weighted by atomic mass is 10.2. The second-order valence-corrected chi connectivity index (χ2v) is 7.08. The molecule has 0 radical (unpaired) electrons.